The molecule has 0 aliphatic heterocycles. The number of phenols is 2. The van der Waals surface area contributed by atoms with Crippen LogP contribution in [0.5, 0.6) is 23.0 Å². The average molecular weight is 781 g/mol. The zero-order chi connectivity index (χ0) is 41.0. The van der Waals surface area contributed by atoms with Gasteiger partial charge in [-0.25, -0.2) is 14.8 Å². The second-order valence-electron chi connectivity index (χ2n) is 14.8. The molecular weight excluding hydrogens is 746 g/mol. The number of aromatic amines is 2. The minimum absolute atomic E-state index is 0.0185. The molecule has 0 atom stereocenters. The number of nitrogens with one attached hydrogen (secondary N) is 2. The summed E-state index contributed by atoms with van der Waals surface area (Å²) in [5.41, 5.74) is -1.57. The normalized spacial score (nSPS) is 12.5. The van der Waals surface area contributed by atoms with Crippen molar-refractivity contribution in [2.24, 2.45) is 0 Å². The molecule has 0 unspecified atom stereocenters. The van der Waals surface area contributed by atoms with Crippen LogP contribution in [0.3, 0.4) is 0 Å². The predicted octanol–water partition coefficient (Wildman–Crippen LogP) is 10.2. The highest BCUT2D eigenvalue weighted by Gasteiger charge is 2.34. The highest BCUT2D eigenvalue weighted by molar-refractivity contribution is 5.80. The summed E-state index contributed by atoms with van der Waals surface area (Å²) in [6, 6.07) is 14.6. The molecule has 0 bridgehead atoms. The third kappa shape index (κ3) is 8.01. The molecule has 17 heteroatoms. The number of carbonyl (C=O) groups is 1. The van der Waals surface area contributed by atoms with Gasteiger partial charge in [-0.15, -0.1) is 0 Å². The van der Waals surface area contributed by atoms with Crippen LogP contribution in [0.25, 0.3) is 45.6 Å². The van der Waals surface area contributed by atoms with Crippen LogP contribution < -0.4 is 9.47 Å². The van der Waals surface area contributed by atoms with Crippen LogP contribution in [0.1, 0.15) is 63.8 Å². The van der Waals surface area contributed by atoms with Crippen molar-refractivity contribution in [2.45, 2.75) is 64.7 Å². The van der Waals surface area contributed by atoms with Gasteiger partial charge in [-0.2, -0.15) is 36.5 Å². The maximum atomic E-state index is 13.7. The van der Waals surface area contributed by atoms with Gasteiger partial charge in [0, 0.05) is 0 Å². The first-order valence-electron chi connectivity index (χ1n) is 16.9. The number of benzene rings is 4. The number of halogens is 6. The molecule has 56 heavy (non-hydrogen) atoms. The third-order valence-electron chi connectivity index (χ3n) is 8.63. The van der Waals surface area contributed by atoms with Crippen LogP contribution in [-0.2, 0) is 23.2 Å². The first-order valence-corrected chi connectivity index (χ1v) is 16.9. The molecule has 6 rings (SSSR count). The lowest BCUT2D eigenvalue weighted by Crippen LogP contribution is -2.19. The number of rotatable bonds is 6. The summed E-state index contributed by atoms with van der Waals surface area (Å²) in [4.78, 5) is 22.5. The molecule has 0 fully saturated rings. The summed E-state index contributed by atoms with van der Waals surface area (Å²) in [5.74, 6) is -1.53. The Morgan fingerprint density at radius 1 is 0.589 bits per heavy atom. The van der Waals surface area contributed by atoms with Gasteiger partial charge in [-0.1, -0.05) is 65.8 Å². The lowest BCUT2D eigenvalue weighted by atomic mass is 9.83. The smallest absolute Gasteiger partial charge is 0.507 e. The van der Waals surface area contributed by atoms with Gasteiger partial charge >= 0.3 is 18.5 Å². The van der Waals surface area contributed by atoms with E-state index in [1.165, 1.54) is 12.1 Å². The topological polar surface area (TPSA) is 159 Å². The second-order valence-corrected chi connectivity index (χ2v) is 14.8. The number of hydrogen-bond acceptors (Lipinski definition) is 9. The number of nitrogens with zero attached hydrogens (tertiary/aromatic N) is 4. The molecule has 2 heterocycles. The van der Waals surface area contributed by atoms with Crippen LogP contribution in [0.2, 0.25) is 0 Å². The van der Waals surface area contributed by atoms with Gasteiger partial charge in [-0.3, -0.25) is 10.2 Å². The number of alkyl halides is 6. The average Bonchev–Trinajstić information content (AvgIpc) is 3.77. The number of hydrogen-bond donors (Lipinski definition) is 4. The molecule has 0 saturated carbocycles. The molecular formula is C39H34F6N6O5. The van der Waals surface area contributed by atoms with Crippen molar-refractivity contribution in [3.05, 3.63) is 95.1 Å². The Morgan fingerprint density at radius 2 is 0.964 bits per heavy atom. The van der Waals surface area contributed by atoms with Gasteiger partial charge in [0.25, 0.3) is 0 Å². The van der Waals surface area contributed by atoms with Crippen molar-refractivity contribution in [3.8, 4) is 68.5 Å². The van der Waals surface area contributed by atoms with E-state index in [9.17, 15) is 41.4 Å². The number of phenolic OH excluding ortho intramolecular Hbond substituents is 2. The molecule has 11 nitrogen and oxygen atoms in total. The van der Waals surface area contributed by atoms with Crippen LogP contribution in [0.15, 0.2) is 72.8 Å². The molecule has 292 valence electrons. The summed E-state index contributed by atoms with van der Waals surface area (Å²) in [7, 11) is 0. The molecule has 4 aromatic carbocycles. The lowest BCUT2D eigenvalue weighted by molar-refractivity contribution is -0.138. The standard InChI is InChI=1S/C39H34F6N6O5/c1-36(2,3)23-9-7-11-27(29(23)33-46-31(48-50-33)21-15-13-19(17-25(21)52)38(40,41)42)55-35(54)56-28-12-8-10-24(37(4,5)6)30(28)34-47-32(49-51-34)22-16-14-20(18-26(22)53)39(43,44)45/h7-18,52-53H,1-6H3,(H,46,48,50)(H,47,49,51). The predicted molar refractivity (Wildman–Crippen MR) is 192 cm³/mol. The van der Waals surface area contributed by atoms with E-state index in [0.29, 0.717) is 23.3 Å². The Bertz CT molecular complexity index is 2270. The van der Waals surface area contributed by atoms with Gasteiger partial charge in [-0.05, 0) is 70.5 Å². The van der Waals surface area contributed by atoms with Crippen LogP contribution in [-0.4, -0.2) is 46.7 Å². The minimum Gasteiger partial charge on any atom is -0.507 e. The van der Waals surface area contributed by atoms with Gasteiger partial charge < -0.3 is 19.7 Å². The SMILES string of the molecule is CC(C)(C)c1cccc(OC(=O)Oc2cccc(C(C)(C)C)c2-c2nc(-c3ccc(C(F)(F)F)cc3O)n[nH]2)c1-c1nc(-c2ccc(C(F)(F)F)cc2O)n[nH]1. The fourth-order valence-electron chi connectivity index (χ4n) is 5.95. The summed E-state index contributed by atoms with van der Waals surface area (Å²) < 4.78 is 90.9. The zero-order valence-corrected chi connectivity index (χ0v) is 30.6. The molecule has 2 aromatic heterocycles. The third-order valence-corrected chi connectivity index (χ3v) is 8.63. The molecule has 0 aliphatic carbocycles. The fourth-order valence-corrected chi connectivity index (χ4v) is 5.95. The van der Waals surface area contributed by atoms with Gasteiger partial charge in [0.05, 0.1) is 33.4 Å². The van der Waals surface area contributed by atoms with Crippen LogP contribution in [0.4, 0.5) is 31.1 Å². The first-order chi connectivity index (χ1) is 26.0. The maximum Gasteiger partial charge on any atom is 0.519 e. The van der Waals surface area contributed by atoms with Crippen LogP contribution in [0, 0.1) is 0 Å². The van der Waals surface area contributed by atoms with Gasteiger partial charge in [0.1, 0.15) is 23.0 Å². The van der Waals surface area contributed by atoms with E-state index in [4.69, 9.17) is 9.47 Å². The van der Waals surface area contributed by atoms with E-state index < -0.39 is 52.0 Å². The molecule has 0 radical (unpaired) electrons. The van der Waals surface area contributed by atoms with Gasteiger partial charge in [0.2, 0.25) is 0 Å². The van der Waals surface area contributed by atoms with Crippen molar-refractivity contribution >= 4 is 6.16 Å². The molecule has 0 amide bonds. The number of aromatic nitrogens is 6. The summed E-state index contributed by atoms with van der Waals surface area (Å²) in [6.07, 6.45) is -10.6. The summed E-state index contributed by atoms with van der Waals surface area (Å²) >= 11 is 0. The minimum atomic E-state index is -4.68. The Morgan fingerprint density at radius 3 is 1.29 bits per heavy atom. The fraction of sp³-hybridized carbons (Fsp3) is 0.256. The summed E-state index contributed by atoms with van der Waals surface area (Å²) in [6.45, 7) is 11.4. The molecule has 6 aromatic rings. The number of H-pyrrole nitrogens is 2. The summed E-state index contributed by atoms with van der Waals surface area (Å²) in [5, 5.41) is 34.6. The van der Waals surface area contributed by atoms with Crippen molar-refractivity contribution < 1.29 is 50.8 Å². The number of ether oxygens (including phenoxy) is 2. The quantitative estimate of drug-likeness (QED) is 0.0733. The Kier molecular flexibility index (Phi) is 9.85. The van der Waals surface area contributed by atoms with E-state index in [0.717, 1.165) is 24.3 Å². The Labute approximate surface area is 315 Å². The van der Waals surface area contributed by atoms with Gasteiger partial charge in [0.15, 0.2) is 23.3 Å². The largest absolute Gasteiger partial charge is 0.519 e. The number of carbonyl (C=O) groups excluding carboxylic acids is 1. The molecule has 0 spiro atoms. The van der Waals surface area contributed by atoms with E-state index in [2.05, 4.69) is 30.4 Å². The van der Waals surface area contributed by atoms with Crippen LogP contribution >= 0.6 is 0 Å². The Hall–Kier alpha value is -6.39. The van der Waals surface area contributed by atoms with Crippen molar-refractivity contribution in [1.82, 2.24) is 30.4 Å². The molecule has 4 N–H and O–H groups in total. The van der Waals surface area contributed by atoms with E-state index >= 15 is 0 Å². The monoisotopic (exact) mass is 780 g/mol. The zero-order valence-electron chi connectivity index (χ0n) is 30.6. The molecule has 0 saturated heterocycles. The van der Waals surface area contributed by atoms with E-state index in [-0.39, 0.29) is 57.1 Å². The Balaban J connectivity index is 1.36. The van der Waals surface area contributed by atoms with Crippen molar-refractivity contribution in [2.75, 3.05) is 0 Å². The molecule has 0 aliphatic rings. The maximum absolute atomic E-state index is 13.7. The van der Waals surface area contributed by atoms with E-state index in [1.54, 1.807) is 24.3 Å². The van der Waals surface area contributed by atoms with Crippen molar-refractivity contribution in [1.29, 1.82) is 0 Å². The number of aromatic hydroxyl groups is 2. The second kappa shape index (κ2) is 14.0. The highest BCUT2D eigenvalue weighted by atomic mass is 19.4. The van der Waals surface area contributed by atoms with E-state index in [1.807, 2.05) is 41.5 Å². The lowest BCUT2D eigenvalue weighted by Gasteiger charge is -2.24. The van der Waals surface area contributed by atoms with Crippen molar-refractivity contribution in [3.63, 3.8) is 0 Å². The highest BCUT2D eigenvalue weighted by Crippen LogP contribution is 2.43. The first kappa shape index (κ1) is 39.3.